The van der Waals surface area contributed by atoms with Gasteiger partial charge in [-0.2, -0.15) is 0 Å². The Morgan fingerprint density at radius 3 is 1.52 bits per heavy atom. The first-order valence-electron chi connectivity index (χ1n) is 17.1. The lowest BCUT2D eigenvalue weighted by atomic mass is 9.60. The third kappa shape index (κ3) is 7.54. The summed E-state index contributed by atoms with van der Waals surface area (Å²) in [7, 11) is 0. The molecule has 6 nitrogen and oxygen atoms in total. The molecular formula is C36H63N3O3. The van der Waals surface area contributed by atoms with Gasteiger partial charge in [0.2, 0.25) is 0 Å². The van der Waals surface area contributed by atoms with E-state index in [9.17, 15) is 14.4 Å². The molecule has 0 N–H and O–H groups in total. The second-order valence-corrected chi connectivity index (χ2v) is 18.9. The van der Waals surface area contributed by atoms with Gasteiger partial charge in [0.1, 0.15) is 0 Å². The molecule has 0 bridgehead atoms. The van der Waals surface area contributed by atoms with Crippen LogP contribution in [0.4, 0.5) is 0 Å². The Balaban J connectivity index is 1.81. The van der Waals surface area contributed by atoms with E-state index in [-0.39, 0.29) is 33.0 Å². The summed E-state index contributed by atoms with van der Waals surface area (Å²) in [4.78, 5) is 42.8. The molecule has 4 rings (SSSR count). The van der Waals surface area contributed by atoms with Crippen molar-refractivity contribution in [3.63, 3.8) is 0 Å². The summed E-state index contributed by atoms with van der Waals surface area (Å²) in [6.07, 6.45) is 10.6. The van der Waals surface area contributed by atoms with E-state index in [0.717, 1.165) is 51.4 Å². The third-order valence-electron chi connectivity index (χ3n) is 11.1. The molecule has 6 heteroatoms. The Kier molecular flexibility index (Phi) is 9.04. The summed E-state index contributed by atoms with van der Waals surface area (Å²) in [5, 5.41) is 0. The molecule has 0 radical (unpaired) electrons. The minimum absolute atomic E-state index is 0.156. The van der Waals surface area contributed by atoms with Gasteiger partial charge < -0.3 is 0 Å². The first-order chi connectivity index (χ1) is 19.1. The number of hydrogen-bond donors (Lipinski definition) is 0. The molecule has 0 aromatic carbocycles. The third-order valence-corrected chi connectivity index (χ3v) is 11.1. The Bertz CT molecular complexity index is 1310. The summed E-state index contributed by atoms with van der Waals surface area (Å²) in [6, 6.07) is 0. The van der Waals surface area contributed by atoms with Gasteiger partial charge in [-0.15, -0.1) is 0 Å². The highest BCUT2D eigenvalue weighted by Crippen LogP contribution is 2.51. The molecule has 1 aromatic rings. The number of hydrogen-bond acceptors (Lipinski definition) is 3. The van der Waals surface area contributed by atoms with Crippen molar-refractivity contribution in [2.75, 3.05) is 0 Å². The maximum atomic E-state index is 14.3. The smallest absolute Gasteiger partial charge is 0.247 e. The molecule has 0 spiro atoms. The summed E-state index contributed by atoms with van der Waals surface area (Å²) in [6.45, 7) is 26.4. The van der Waals surface area contributed by atoms with Crippen molar-refractivity contribution < 1.29 is 0 Å². The maximum absolute atomic E-state index is 14.3. The van der Waals surface area contributed by atoms with E-state index in [1.54, 1.807) is 0 Å². The normalized spacial score (nSPS) is 36.1. The molecule has 0 saturated heterocycles. The predicted molar refractivity (Wildman–Crippen MR) is 174 cm³/mol. The number of aromatic nitrogens is 3. The summed E-state index contributed by atoms with van der Waals surface area (Å²) in [5.74, 6) is 1.93. The Morgan fingerprint density at radius 2 is 1.02 bits per heavy atom. The van der Waals surface area contributed by atoms with Crippen molar-refractivity contribution in [3.8, 4) is 0 Å². The largest absolute Gasteiger partial charge is 0.336 e. The minimum atomic E-state index is -0.395. The van der Waals surface area contributed by atoms with E-state index in [0.29, 0.717) is 37.4 Å². The molecule has 3 saturated carbocycles. The zero-order chi connectivity index (χ0) is 31.5. The van der Waals surface area contributed by atoms with E-state index < -0.39 is 17.1 Å². The molecule has 3 fully saturated rings. The van der Waals surface area contributed by atoms with Crippen molar-refractivity contribution in [1.29, 1.82) is 0 Å². The summed E-state index contributed by atoms with van der Waals surface area (Å²) < 4.78 is 4.42. The van der Waals surface area contributed by atoms with E-state index in [1.807, 2.05) is 0 Å². The van der Waals surface area contributed by atoms with Crippen LogP contribution >= 0.6 is 0 Å². The molecular weight excluding hydrogens is 522 g/mol. The second-order valence-electron chi connectivity index (χ2n) is 18.9. The lowest BCUT2D eigenvalue weighted by molar-refractivity contribution is 0.0329. The van der Waals surface area contributed by atoms with Crippen LogP contribution < -0.4 is 17.1 Å². The molecule has 6 atom stereocenters. The highest BCUT2D eigenvalue weighted by atomic mass is 16.2. The van der Waals surface area contributed by atoms with Crippen LogP contribution in [0.25, 0.3) is 0 Å². The summed E-state index contributed by atoms with van der Waals surface area (Å²) >= 11 is 0. The summed E-state index contributed by atoms with van der Waals surface area (Å²) in [5.41, 5.74) is -1.02. The Morgan fingerprint density at radius 1 is 0.571 bits per heavy atom. The Labute approximate surface area is 255 Å². The minimum Gasteiger partial charge on any atom is -0.247 e. The zero-order valence-corrected chi connectivity index (χ0v) is 29.1. The van der Waals surface area contributed by atoms with Gasteiger partial charge in [-0.25, -0.2) is 28.1 Å². The van der Waals surface area contributed by atoms with E-state index in [1.165, 1.54) is 26.5 Å². The van der Waals surface area contributed by atoms with Gasteiger partial charge in [0.25, 0.3) is 0 Å². The van der Waals surface area contributed by atoms with Gasteiger partial charge in [0, 0.05) is 19.6 Å². The molecule has 240 valence electrons. The predicted octanol–water partition coefficient (Wildman–Crippen LogP) is 7.73. The highest BCUT2D eigenvalue weighted by molar-refractivity contribution is 4.95. The molecule has 42 heavy (non-hydrogen) atoms. The van der Waals surface area contributed by atoms with Crippen molar-refractivity contribution in [3.05, 3.63) is 31.5 Å². The van der Waals surface area contributed by atoms with E-state index in [2.05, 4.69) is 76.2 Å². The number of nitrogens with zero attached hydrogens (tertiary/aromatic N) is 3. The topological polar surface area (TPSA) is 66.0 Å². The van der Waals surface area contributed by atoms with Crippen LogP contribution in [0.5, 0.6) is 0 Å². The molecule has 1 aromatic heterocycles. The molecule has 0 aliphatic heterocycles. The van der Waals surface area contributed by atoms with Gasteiger partial charge in [-0.05, 0) is 109 Å². The SMILES string of the molecule is CCC1CC(C)(C)CC(C)(Cn2c(=O)n(CC3CC(C)CC(C)(C)C3)c(=O)n(CC3(C)CC(C)CC(C)(C)C3)c2=O)C1. The molecule has 3 aliphatic rings. The monoisotopic (exact) mass is 585 g/mol. The van der Waals surface area contributed by atoms with Gasteiger partial charge >= 0.3 is 17.1 Å². The lowest BCUT2D eigenvalue weighted by Gasteiger charge is -2.47. The van der Waals surface area contributed by atoms with Crippen LogP contribution in [0.3, 0.4) is 0 Å². The second kappa shape index (κ2) is 11.4. The lowest BCUT2D eigenvalue weighted by Crippen LogP contribution is -2.58. The van der Waals surface area contributed by atoms with Crippen molar-refractivity contribution in [2.24, 2.45) is 50.7 Å². The number of rotatable bonds is 7. The first kappa shape index (κ1) is 33.3. The fourth-order valence-electron chi connectivity index (χ4n) is 11.4. The van der Waals surface area contributed by atoms with Crippen LogP contribution in [0.1, 0.15) is 140 Å². The highest BCUT2D eigenvalue weighted by Gasteiger charge is 2.43. The van der Waals surface area contributed by atoms with Crippen molar-refractivity contribution in [1.82, 2.24) is 13.7 Å². The van der Waals surface area contributed by atoms with Gasteiger partial charge in [0.05, 0.1) is 0 Å². The molecule has 0 amide bonds. The first-order valence-corrected chi connectivity index (χ1v) is 17.1. The van der Waals surface area contributed by atoms with Crippen molar-refractivity contribution >= 4 is 0 Å². The van der Waals surface area contributed by atoms with E-state index >= 15 is 0 Å². The molecule has 3 aliphatic carbocycles. The van der Waals surface area contributed by atoms with Crippen LogP contribution in [0.2, 0.25) is 0 Å². The fraction of sp³-hybridized carbons (Fsp3) is 0.917. The van der Waals surface area contributed by atoms with Crippen LogP contribution in [0.15, 0.2) is 14.4 Å². The van der Waals surface area contributed by atoms with Gasteiger partial charge in [-0.3, -0.25) is 0 Å². The van der Waals surface area contributed by atoms with Crippen LogP contribution in [-0.4, -0.2) is 13.7 Å². The molecule has 1 heterocycles. The van der Waals surface area contributed by atoms with E-state index in [4.69, 9.17) is 0 Å². The average Bonchev–Trinajstić information content (AvgIpc) is 2.78. The van der Waals surface area contributed by atoms with Gasteiger partial charge in [-0.1, -0.05) is 82.6 Å². The van der Waals surface area contributed by atoms with Crippen LogP contribution in [-0.2, 0) is 19.6 Å². The maximum Gasteiger partial charge on any atom is 0.336 e. The quantitative estimate of drug-likeness (QED) is 0.329. The van der Waals surface area contributed by atoms with Crippen LogP contribution in [0, 0.1) is 50.7 Å². The van der Waals surface area contributed by atoms with Crippen molar-refractivity contribution in [2.45, 2.75) is 160 Å². The standard InChI is InChI=1S/C36H63N3O3/c1-12-27-17-34(8,9)22-36(11,19-27)24-39-30(41)37(20-28-13-25(2)14-32(4,5)18-28)29(40)38(31(39)42)23-35(10)16-26(3)15-33(6,7)21-35/h25-28H,12-24H2,1-11H3. The van der Waals surface area contributed by atoms with Gasteiger partial charge in [0.15, 0.2) is 0 Å². The fourth-order valence-corrected chi connectivity index (χ4v) is 11.4. The Hall–Kier alpha value is -1.59. The zero-order valence-electron chi connectivity index (χ0n) is 29.1. The molecule has 6 unspecified atom stereocenters. The average molecular weight is 586 g/mol.